The molecule has 0 saturated carbocycles. The third kappa shape index (κ3) is 4.69. The summed E-state index contributed by atoms with van der Waals surface area (Å²) in [7, 11) is 1.64. The minimum absolute atomic E-state index is 0.105. The minimum Gasteiger partial charge on any atom is -0.497 e. The predicted molar refractivity (Wildman–Crippen MR) is 131 cm³/mol. The Morgan fingerprint density at radius 1 is 1.06 bits per heavy atom. The second-order valence-electron chi connectivity index (χ2n) is 7.64. The summed E-state index contributed by atoms with van der Waals surface area (Å²) in [5.74, 6) is 1.48. The van der Waals surface area contributed by atoms with Crippen LogP contribution in [-0.2, 0) is 4.79 Å². The Balaban J connectivity index is 1.34. The summed E-state index contributed by atoms with van der Waals surface area (Å²) in [4.78, 5) is 21.8. The quantitative estimate of drug-likeness (QED) is 0.404. The number of benzene rings is 2. The SMILES string of the molecule is COc1ccc([C@@H]2CC(c3ccccc3)=NN2C(=O)CSc2n[nH]c(-c3ccncc3)n2)cc1. The standard InChI is InChI=1S/C25H22N6O2S/c1-33-20-9-7-18(8-10-20)22-15-21(17-5-3-2-4-6-17)30-31(22)23(32)16-34-25-27-24(28-29-25)19-11-13-26-14-12-19/h2-14,22H,15-16H2,1H3,(H,27,28,29)/t22-/m0/s1. The topological polar surface area (TPSA) is 96.4 Å². The van der Waals surface area contributed by atoms with Gasteiger partial charge in [-0.2, -0.15) is 5.10 Å². The highest BCUT2D eigenvalue weighted by atomic mass is 32.2. The first-order valence-corrected chi connectivity index (χ1v) is 11.7. The number of aromatic amines is 1. The third-order valence-electron chi connectivity index (χ3n) is 5.52. The minimum atomic E-state index is -0.186. The van der Waals surface area contributed by atoms with Gasteiger partial charge in [0.2, 0.25) is 5.16 Å². The van der Waals surface area contributed by atoms with Gasteiger partial charge in [-0.25, -0.2) is 9.99 Å². The number of hydrogen-bond acceptors (Lipinski definition) is 7. The lowest BCUT2D eigenvalue weighted by Crippen LogP contribution is -2.28. The first kappa shape index (κ1) is 21.8. The van der Waals surface area contributed by atoms with Crippen molar-refractivity contribution in [3.63, 3.8) is 0 Å². The van der Waals surface area contributed by atoms with Crippen molar-refractivity contribution < 1.29 is 9.53 Å². The van der Waals surface area contributed by atoms with E-state index < -0.39 is 0 Å². The molecule has 0 unspecified atom stereocenters. The molecule has 0 radical (unpaired) electrons. The maximum Gasteiger partial charge on any atom is 0.253 e. The van der Waals surface area contributed by atoms with Gasteiger partial charge in [-0.15, -0.1) is 5.10 Å². The highest BCUT2D eigenvalue weighted by molar-refractivity contribution is 7.99. The summed E-state index contributed by atoms with van der Waals surface area (Å²) in [6.45, 7) is 0. The number of nitrogens with zero attached hydrogens (tertiary/aromatic N) is 5. The van der Waals surface area contributed by atoms with Crippen molar-refractivity contribution in [2.24, 2.45) is 5.10 Å². The van der Waals surface area contributed by atoms with Crippen molar-refractivity contribution in [2.45, 2.75) is 17.6 Å². The van der Waals surface area contributed by atoms with Gasteiger partial charge in [0.25, 0.3) is 5.91 Å². The molecule has 1 N–H and O–H groups in total. The molecular formula is C25H22N6O2S. The molecule has 170 valence electrons. The first-order valence-electron chi connectivity index (χ1n) is 10.8. The average Bonchev–Trinajstić information content (AvgIpc) is 3.56. The Labute approximate surface area is 201 Å². The van der Waals surface area contributed by atoms with Crippen LogP contribution in [0, 0.1) is 0 Å². The van der Waals surface area contributed by atoms with Gasteiger partial charge in [-0.3, -0.25) is 14.9 Å². The number of rotatable bonds is 7. The molecule has 1 aliphatic rings. The van der Waals surface area contributed by atoms with Gasteiger partial charge < -0.3 is 4.74 Å². The number of aromatic nitrogens is 4. The summed E-state index contributed by atoms with van der Waals surface area (Å²) in [5, 5.41) is 14.0. The zero-order chi connectivity index (χ0) is 23.3. The van der Waals surface area contributed by atoms with Crippen LogP contribution in [0.15, 0.2) is 89.4 Å². The van der Waals surface area contributed by atoms with Gasteiger partial charge in [-0.05, 0) is 35.4 Å². The number of pyridine rings is 1. The molecule has 1 aliphatic heterocycles. The van der Waals surface area contributed by atoms with E-state index in [1.54, 1.807) is 24.5 Å². The molecule has 2 aromatic carbocycles. The number of hydrazone groups is 1. The fraction of sp³-hybridized carbons (Fsp3) is 0.160. The fourth-order valence-corrected chi connectivity index (χ4v) is 4.42. The van der Waals surface area contributed by atoms with E-state index in [4.69, 9.17) is 9.84 Å². The van der Waals surface area contributed by atoms with Crippen LogP contribution in [0.3, 0.4) is 0 Å². The van der Waals surface area contributed by atoms with Crippen molar-refractivity contribution in [3.05, 3.63) is 90.3 Å². The molecule has 8 nitrogen and oxygen atoms in total. The van der Waals surface area contributed by atoms with E-state index in [1.807, 2.05) is 66.7 Å². The van der Waals surface area contributed by atoms with Crippen LogP contribution in [-0.4, -0.2) is 49.7 Å². The lowest BCUT2D eigenvalue weighted by molar-refractivity contribution is -0.130. The van der Waals surface area contributed by atoms with Crippen LogP contribution in [0.5, 0.6) is 5.75 Å². The zero-order valence-electron chi connectivity index (χ0n) is 18.5. The number of carbonyl (C=O) groups excluding carboxylic acids is 1. The van der Waals surface area contributed by atoms with Crippen molar-refractivity contribution in [3.8, 4) is 17.1 Å². The first-order chi connectivity index (χ1) is 16.7. The predicted octanol–water partition coefficient (Wildman–Crippen LogP) is 4.35. The van der Waals surface area contributed by atoms with E-state index >= 15 is 0 Å². The van der Waals surface area contributed by atoms with Crippen molar-refractivity contribution in [2.75, 3.05) is 12.9 Å². The van der Waals surface area contributed by atoms with Crippen LogP contribution in [0.2, 0.25) is 0 Å². The fourth-order valence-electron chi connectivity index (χ4n) is 3.77. The number of hydrogen-bond donors (Lipinski definition) is 1. The monoisotopic (exact) mass is 470 g/mol. The summed E-state index contributed by atoms with van der Waals surface area (Å²) >= 11 is 1.28. The molecule has 0 saturated heterocycles. The number of ether oxygens (including phenoxy) is 1. The zero-order valence-corrected chi connectivity index (χ0v) is 19.3. The van der Waals surface area contributed by atoms with Crippen LogP contribution in [0.25, 0.3) is 11.4 Å². The molecule has 3 heterocycles. The maximum atomic E-state index is 13.3. The number of amides is 1. The molecule has 34 heavy (non-hydrogen) atoms. The van der Waals surface area contributed by atoms with E-state index in [-0.39, 0.29) is 17.7 Å². The normalized spacial score (nSPS) is 15.3. The van der Waals surface area contributed by atoms with E-state index in [2.05, 4.69) is 20.2 Å². The molecule has 1 amide bonds. The third-order valence-corrected chi connectivity index (χ3v) is 6.35. The molecule has 0 fully saturated rings. The molecule has 9 heteroatoms. The van der Waals surface area contributed by atoms with Crippen molar-refractivity contribution in [1.29, 1.82) is 0 Å². The Bertz CT molecular complexity index is 1290. The van der Waals surface area contributed by atoms with Gasteiger partial charge in [0, 0.05) is 24.4 Å². The molecule has 4 aromatic rings. The maximum absolute atomic E-state index is 13.3. The molecule has 1 atom stereocenters. The highest BCUT2D eigenvalue weighted by Crippen LogP contribution is 2.34. The van der Waals surface area contributed by atoms with Crippen LogP contribution in [0.4, 0.5) is 0 Å². The van der Waals surface area contributed by atoms with Crippen molar-refractivity contribution >= 4 is 23.4 Å². The summed E-state index contributed by atoms with van der Waals surface area (Å²) in [6.07, 6.45) is 4.03. The van der Waals surface area contributed by atoms with Crippen molar-refractivity contribution in [1.82, 2.24) is 25.2 Å². The number of thioether (sulfide) groups is 1. The second-order valence-corrected chi connectivity index (χ2v) is 8.58. The van der Waals surface area contributed by atoms with E-state index in [1.165, 1.54) is 11.8 Å². The summed E-state index contributed by atoms with van der Waals surface area (Å²) in [6, 6.07) is 21.2. The van der Waals surface area contributed by atoms with Gasteiger partial charge in [-0.1, -0.05) is 54.2 Å². The van der Waals surface area contributed by atoms with Gasteiger partial charge in [0.1, 0.15) is 5.75 Å². The number of nitrogens with one attached hydrogen (secondary N) is 1. The lowest BCUT2D eigenvalue weighted by Gasteiger charge is -2.22. The van der Waals surface area contributed by atoms with Gasteiger partial charge >= 0.3 is 0 Å². The number of H-pyrrole nitrogens is 1. The molecule has 0 aliphatic carbocycles. The van der Waals surface area contributed by atoms with Gasteiger partial charge in [0.15, 0.2) is 5.82 Å². The van der Waals surface area contributed by atoms with Crippen LogP contribution >= 0.6 is 11.8 Å². The Morgan fingerprint density at radius 3 is 2.56 bits per heavy atom. The van der Waals surface area contributed by atoms with E-state index in [0.717, 1.165) is 28.2 Å². The van der Waals surface area contributed by atoms with Gasteiger partial charge in [0.05, 0.1) is 24.6 Å². The number of carbonyl (C=O) groups is 1. The second kappa shape index (κ2) is 9.88. The smallest absolute Gasteiger partial charge is 0.253 e. The molecule has 0 bridgehead atoms. The lowest BCUT2D eigenvalue weighted by atomic mass is 9.98. The molecule has 0 spiro atoms. The molecular weight excluding hydrogens is 448 g/mol. The summed E-state index contributed by atoms with van der Waals surface area (Å²) < 4.78 is 5.29. The highest BCUT2D eigenvalue weighted by Gasteiger charge is 2.33. The van der Waals surface area contributed by atoms with E-state index in [9.17, 15) is 4.79 Å². The Hall–Kier alpha value is -3.98. The molecule has 2 aromatic heterocycles. The molecule has 5 rings (SSSR count). The Kier molecular flexibility index (Phi) is 6.35. The van der Waals surface area contributed by atoms with Crippen LogP contribution in [0.1, 0.15) is 23.6 Å². The average molecular weight is 471 g/mol. The largest absolute Gasteiger partial charge is 0.497 e. The number of methoxy groups -OCH3 is 1. The van der Waals surface area contributed by atoms with E-state index in [0.29, 0.717) is 17.4 Å². The Morgan fingerprint density at radius 2 is 1.82 bits per heavy atom. The van der Waals surface area contributed by atoms with Crippen LogP contribution < -0.4 is 4.74 Å². The summed E-state index contributed by atoms with van der Waals surface area (Å²) in [5.41, 5.74) is 3.79.